The molecular formula is C16H20O2. The van der Waals surface area contributed by atoms with E-state index in [1.54, 1.807) is 0 Å². The minimum atomic E-state index is -0.0565. The fraction of sp³-hybridized carbons (Fsp3) is 0.500. The van der Waals surface area contributed by atoms with Crippen molar-refractivity contribution < 1.29 is 9.47 Å². The summed E-state index contributed by atoms with van der Waals surface area (Å²) in [7, 11) is 0. The Morgan fingerprint density at radius 1 is 1.00 bits per heavy atom. The molecule has 0 bridgehead atoms. The highest BCUT2D eigenvalue weighted by Gasteiger charge is 2.35. The molecule has 18 heavy (non-hydrogen) atoms. The van der Waals surface area contributed by atoms with Crippen molar-refractivity contribution in [3.8, 4) is 0 Å². The van der Waals surface area contributed by atoms with Crippen molar-refractivity contribution in [2.75, 3.05) is 13.2 Å². The predicted molar refractivity (Wildman–Crippen MR) is 71.3 cm³/mol. The third-order valence-electron chi connectivity index (χ3n) is 3.94. The molecule has 2 heteroatoms. The first kappa shape index (κ1) is 11.9. The zero-order chi connectivity index (χ0) is 12.4. The molecule has 0 amide bonds. The van der Waals surface area contributed by atoms with Crippen LogP contribution in [-0.2, 0) is 9.47 Å². The third kappa shape index (κ3) is 2.36. The van der Waals surface area contributed by atoms with E-state index >= 15 is 0 Å². The summed E-state index contributed by atoms with van der Waals surface area (Å²) in [5, 5.41) is 0. The second-order valence-corrected chi connectivity index (χ2v) is 5.30. The Kier molecular flexibility index (Phi) is 3.48. The molecule has 3 rings (SSSR count). The highest BCUT2D eigenvalue weighted by molar-refractivity contribution is 5.24. The van der Waals surface area contributed by atoms with Crippen LogP contribution in [0.2, 0.25) is 0 Å². The maximum absolute atomic E-state index is 5.71. The van der Waals surface area contributed by atoms with Crippen LogP contribution >= 0.6 is 0 Å². The molecule has 2 unspecified atom stereocenters. The normalized spacial score (nSPS) is 32.8. The summed E-state index contributed by atoms with van der Waals surface area (Å²) in [6.07, 6.45) is 5.71. The summed E-state index contributed by atoms with van der Waals surface area (Å²) in [4.78, 5) is 0. The standard InChI is InChI=1S/C16H20O2/c1-12-7-8-14(16-17-9-10-18-16)15(11-12)13-5-3-2-4-6-13/h2-8,12,14-16H,9-11H2,1H3/t12-,14?,15?/m1/s1. The first-order chi connectivity index (χ1) is 8.84. The molecule has 1 aromatic rings. The van der Waals surface area contributed by atoms with E-state index in [-0.39, 0.29) is 6.29 Å². The van der Waals surface area contributed by atoms with Crippen LogP contribution in [0.1, 0.15) is 24.8 Å². The van der Waals surface area contributed by atoms with Gasteiger partial charge in [-0.2, -0.15) is 0 Å². The van der Waals surface area contributed by atoms with E-state index in [1.165, 1.54) is 12.0 Å². The van der Waals surface area contributed by atoms with Crippen molar-refractivity contribution in [1.82, 2.24) is 0 Å². The fourth-order valence-electron chi connectivity index (χ4n) is 3.03. The zero-order valence-electron chi connectivity index (χ0n) is 10.8. The van der Waals surface area contributed by atoms with Gasteiger partial charge < -0.3 is 9.47 Å². The summed E-state index contributed by atoms with van der Waals surface area (Å²) < 4.78 is 11.4. The van der Waals surface area contributed by atoms with Crippen molar-refractivity contribution in [2.45, 2.75) is 25.6 Å². The van der Waals surface area contributed by atoms with Crippen molar-refractivity contribution in [2.24, 2.45) is 11.8 Å². The Labute approximate surface area is 109 Å². The molecule has 0 radical (unpaired) electrons. The van der Waals surface area contributed by atoms with Crippen molar-refractivity contribution in [3.05, 3.63) is 48.0 Å². The molecule has 1 heterocycles. The van der Waals surface area contributed by atoms with Crippen LogP contribution < -0.4 is 0 Å². The molecule has 1 aliphatic carbocycles. The van der Waals surface area contributed by atoms with Crippen LogP contribution in [0.25, 0.3) is 0 Å². The zero-order valence-corrected chi connectivity index (χ0v) is 10.8. The third-order valence-corrected chi connectivity index (χ3v) is 3.94. The summed E-state index contributed by atoms with van der Waals surface area (Å²) in [6.45, 7) is 3.73. The van der Waals surface area contributed by atoms with Gasteiger partial charge in [-0.05, 0) is 23.8 Å². The van der Waals surface area contributed by atoms with Crippen molar-refractivity contribution in [1.29, 1.82) is 0 Å². The number of rotatable bonds is 2. The summed E-state index contributed by atoms with van der Waals surface area (Å²) in [5.74, 6) is 1.49. The van der Waals surface area contributed by atoms with E-state index in [4.69, 9.17) is 9.47 Å². The van der Waals surface area contributed by atoms with Crippen LogP contribution in [0, 0.1) is 11.8 Å². The van der Waals surface area contributed by atoms with Crippen LogP contribution in [-0.4, -0.2) is 19.5 Å². The molecule has 3 atom stereocenters. The minimum Gasteiger partial charge on any atom is -0.350 e. The number of hydrogen-bond acceptors (Lipinski definition) is 2. The lowest BCUT2D eigenvalue weighted by Crippen LogP contribution is -2.29. The monoisotopic (exact) mass is 244 g/mol. The molecule has 1 fully saturated rings. The average Bonchev–Trinajstić information content (AvgIpc) is 2.93. The van der Waals surface area contributed by atoms with Crippen molar-refractivity contribution in [3.63, 3.8) is 0 Å². The van der Waals surface area contributed by atoms with Gasteiger partial charge in [0.2, 0.25) is 0 Å². The molecule has 0 saturated carbocycles. The Bertz CT molecular complexity index is 406. The highest BCUT2D eigenvalue weighted by Crippen LogP contribution is 2.40. The van der Waals surface area contributed by atoms with E-state index in [2.05, 4.69) is 49.4 Å². The van der Waals surface area contributed by atoms with Gasteiger partial charge in [0.25, 0.3) is 0 Å². The van der Waals surface area contributed by atoms with Crippen LogP contribution in [0.15, 0.2) is 42.5 Å². The molecule has 0 aromatic heterocycles. The quantitative estimate of drug-likeness (QED) is 0.743. The maximum atomic E-state index is 5.71. The van der Waals surface area contributed by atoms with E-state index in [0.717, 1.165) is 13.2 Å². The summed E-state index contributed by atoms with van der Waals surface area (Å²) >= 11 is 0. The molecule has 0 spiro atoms. The first-order valence-electron chi connectivity index (χ1n) is 6.81. The minimum absolute atomic E-state index is 0.0565. The Balaban J connectivity index is 1.87. The average molecular weight is 244 g/mol. The molecule has 1 aliphatic heterocycles. The molecular weight excluding hydrogens is 224 g/mol. The molecule has 0 N–H and O–H groups in total. The van der Waals surface area contributed by atoms with Crippen LogP contribution in [0.5, 0.6) is 0 Å². The molecule has 1 saturated heterocycles. The number of ether oxygens (including phenoxy) is 2. The van der Waals surface area contributed by atoms with E-state index in [0.29, 0.717) is 17.8 Å². The fourth-order valence-corrected chi connectivity index (χ4v) is 3.03. The number of hydrogen-bond donors (Lipinski definition) is 0. The van der Waals surface area contributed by atoms with Crippen molar-refractivity contribution >= 4 is 0 Å². The number of allylic oxidation sites excluding steroid dienone is 1. The van der Waals surface area contributed by atoms with Crippen LogP contribution in [0.3, 0.4) is 0 Å². The van der Waals surface area contributed by atoms with Gasteiger partial charge >= 0.3 is 0 Å². The maximum Gasteiger partial charge on any atom is 0.164 e. The van der Waals surface area contributed by atoms with Gasteiger partial charge in [-0.25, -0.2) is 0 Å². The van der Waals surface area contributed by atoms with Gasteiger partial charge in [0.1, 0.15) is 0 Å². The Morgan fingerprint density at radius 3 is 2.44 bits per heavy atom. The van der Waals surface area contributed by atoms with Gasteiger partial charge in [-0.15, -0.1) is 0 Å². The Morgan fingerprint density at radius 2 is 1.72 bits per heavy atom. The lowest BCUT2D eigenvalue weighted by molar-refractivity contribution is -0.0793. The second-order valence-electron chi connectivity index (χ2n) is 5.30. The molecule has 96 valence electrons. The van der Waals surface area contributed by atoms with E-state index < -0.39 is 0 Å². The van der Waals surface area contributed by atoms with Gasteiger partial charge in [0, 0.05) is 5.92 Å². The summed E-state index contributed by atoms with van der Waals surface area (Å²) in [6, 6.07) is 10.7. The Hall–Kier alpha value is -1.12. The second kappa shape index (κ2) is 5.25. The molecule has 1 aromatic carbocycles. The highest BCUT2D eigenvalue weighted by atomic mass is 16.7. The molecule has 2 nitrogen and oxygen atoms in total. The SMILES string of the molecule is C[C@@H]1C=CC(C2OCCO2)C(c2ccccc2)C1. The first-order valence-corrected chi connectivity index (χ1v) is 6.81. The van der Waals surface area contributed by atoms with Crippen LogP contribution in [0.4, 0.5) is 0 Å². The largest absolute Gasteiger partial charge is 0.350 e. The lowest BCUT2D eigenvalue weighted by Gasteiger charge is -2.33. The topological polar surface area (TPSA) is 18.5 Å². The molecule has 2 aliphatic rings. The predicted octanol–water partition coefficient (Wildman–Crippen LogP) is 3.36. The van der Waals surface area contributed by atoms with E-state index in [1.807, 2.05) is 0 Å². The van der Waals surface area contributed by atoms with E-state index in [9.17, 15) is 0 Å². The number of benzene rings is 1. The lowest BCUT2D eigenvalue weighted by atomic mass is 9.75. The summed E-state index contributed by atoms with van der Waals surface area (Å²) in [5.41, 5.74) is 1.40. The van der Waals surface area contributed by atoms with Gasteiger partial charge in [0.05, 0.1) is 13.2 Å². The smallest absolute Gasteiger partial charge is 0.164 e. The van der Waals surface area contributed by atoms with Gasteiger partial charge in [-0.3, -0.25) is 0 Å². The van der Waals surface area contributed by atoms with Gasteiger partial charge in [-0.1, -0.05) is 49.4 Å². The van der Waals surface area contributed by atoms with Gasteiger partial charge in [0.15, 0.2) is 6.29 Å².